The number of nitrogens with one attached hydrogen (secondary N) is 1. The first-order chi connectivity index (χ1) is 13.0. The number of rotatable bonds is 5. The molecule has 1 N–H and O–H groups in total. The van der Waals surface area contributed by atoms with Crippen molar-refractivity contribution in [2.24, 2.45) is 0 Å². The second-order valence-electron chi connectivity index (χ2n) is 6.21. The van der Waals surface area contributed by atoms with Gasteiger partial charge in [0.1, 0.15) is 18.1 Å². The number of ether oxygens (including phenoxy) is 1. The van der Waals surface area contributed by atoms with Gasteiger partial charge in [0.25, 0.3) is 0 Å². The van der Waals surface area contributed by atoms with Gasteiger partial charge in [0.05, 0.1) is 0 Å². The Morgan fingerprint density at radius 2 is 1.93 bits per heavy atom. The van der Waals surface area contributed by atoms with Crippen molar-refractivity contribution in [2.45, 2.75) is 6.92 Å². The summed E-state index contributed by atoms with van der Waals surface area (Å²) >= 11 is 5.84. The van der Waals surface area contributed by atoms with Crippen molar-refractivity contribution in [3.05, 3.63) is 41.1 Å². The van der Waals surface area contributed by atoms with Gasteiger partial charge in [0.15, 0.2) is 5.82 Å². The molecule has 0 bridgehead atoms. The van der Waals surface area contributed by atoms with Crippen LogP contribution in [-0.2, 0) is 9.59 Å². The molecule has 0 atom stereocenters. The van der Waals surface area contributed by atoms with E-state index in [0.29, 0.717) is 43.6 Å². The summed E-state index contributed by atoms with van der Waals surface area (Å²) in [6.07, 6.45) is 0. The van der Waals surface area contributed by atoms with Gasteiger partial charge in [-0.2, -0.15) is 0 Å². The van der Waals surface area contributed by atoms with Gasteiger partial charge >= 0.3 is 11.8 Å². The molecule has 144 valence electrons. The highest BCUT2D eigenvalue weighted by molar-refractivity contribution is 6.39. The van der Waals surface area contributed by atoms with Gasteiger partial charge in [-0.05, 0) is 31.2 Å². The Hall–Kier alpha value is -2.58. The zero-order valence-corrected chi connectivity index (χ0v) is 15.7. The van der Waals surface area contributed by atoms with E-state index in [-0.39, 0.29) is 5.82 Å². The van der Waals surface area contributed by atoms with E-state index in [9.17, 15) is 9.59 Å². The van der Waals surface area contributed by atoms with Crippen molar-refractivity contribution in [3.8, 4) is 5.75 Å². The third-order valence-electron chi connectivity index (χ3n) is 4.21. The molecule has 1 aliphatic heterocycles. The summed E-state index contributed by atoms with van der Waals surface area (Å²) in [6.45, 7) is 5.35. The molecule has 9 heteroatoms. The number of hydrogen-bond donors (Lipinski definition) is 1. The minimum Gasteiger partial charge on any atom is -0.492 e. The summed E-state index contributed by atoms with van der Waals surface area (Å²) in [5.74, 6) is 0.305. The van der Waals surface area contributed by atoms with Crippen LogP contribution in [0.15, 0.2) is 34.9 Å². The SMILES string of the molecule is Cc1cc(NC(=O)C(=O)N2CCN(CCOc3ccc(Cl)cc3)CC2)no1. The van der Waals surface area contributed by atoms with Gasteiger partial charge in [-0.25, -0.2) is 0 Å². The quantitative estimate of drug-likeness (QED) is 0.780. The van der Waals surface area contributed by atoms with Crippen LogP contribution in [-0.4, -0.2) is 66.1 Å². The molecule has 27 heavy (non-hydrogen) atoms. The number of benzene rings is 1. The van der Waals surface area contributed by atoms with Crippen LogP contribution in [0.4, 0.5) is 5.82 Å². The molecule has 1 aromatic carbocycles. The topological polar surface area (TPSA) is 87.9 Å². The Bertz CT molecular complexity index is 785. The van der Waals surface area contributed by atoms with E-state index in [4.69, 9.17) is 20.9 Å². The van der Waals surface area contributed by atoms with Crippen LogP contribution < -0.4 is 10.1 Å². The molecule has 1 fully saturated rings. The van der Waals surface area contributed by atoms with Gasteiger partial charge in [-0.15, -0.1) is 0 Å². The van der Waals surface area contributed by atoms with Crippen LogP contribution in [0.5, 0.6) is 5.75 Å². The number of anilines is 1. The van der Waals surface area contributed by atoms with Crippen molar-refractivity contribution in [1.82, 2.24) is 15.0 Å². The Balaban J connectivity index is 1.38. The van der Waals surface area contributed by atoms with E-state index < -0.39 is 11.8 Å². The third-order valence-corrected chi connectivity index (χ3v) is 4.47. The number of piperazine rings is 1. The Morgan fingerprint density at radius 3 is 2.56 bits per heavy atom. The molecule has 8 nitrogen and oxygen atoms in total. The van der Waals surface area contributed by atoms with Gasteiger partial charge in [0.2, 0.25) is 0 Å². The summed E-state index contributed by atoms with van der Waals surface area (Å²) in [7, 11) is 0. The first kappa shape index (κ1) is 19.2. The zero-order chi connectivity index (χ0) is 19.2. The van der Waals surface area contributed by atoms with Gasteiger partial charge < -0.3 is 14.2 Å². The molecule has 1 aliphatic rings. The first-order valence-electron chi connectivity index (χ1n) is 8.65. The molecule has 2 heterocycles. The molecule has 2 aromatic rings. The van der Waals surface area contributed by atoms with Crippen LogP contribution in [0.3, 0.4) is 0 Å². The number of aryl methyl sites for hydroxylation is 1. The number of carbonyl (C=O) groups excluding carboxylic acids is 2. The van der Waals surface area contributed by atoms with Crippen molar-refractivity contribution >= 4 is 29.2 Å². The summed E-state index contributed by atoms with van der Waals surface area (Å²) in [5, 5.41) is 6.77. The van der Waals surface area contributed by atoms with E-state index in [2.05, 4.69) is 15.4 Å². The Morgan fingerprint density at radius 1 is 1.22 bits per heavy atom. The number of amides is 2. The molecule has 1 saturated heterocycles. The molecule has 0 unspecified atom stereocenters. The zero-order valence-electron chi connectivity index (χ0n) is 15.0. The largest absolute Gasteiger partial charge is 0.492 e. The average molecular weight is 393 g/mol. The van der Waals surface area contributed by atoms with Crippen LogP contribution in [0, 0.1) is 6.92 Å². The molecule has 1 aromatic heterocycles. The second-order valence-corrected chi connectivity index (χ2v) is 6.65. The van der Waals surface area contributed by atoms with Gasteiger partial charge in [0, 0.05) is 43.8 Å². The van der Waals surface area contributed by atoms with E-state index in [0.717, 1.165) is 12.3 Å². The highest BCUT2D eigenvalue weighted by Crippen LogP contribution is 2.15. The van der Waals surface area contributed by atoms with E-state index in [1.165, 1.54) is 0 Å². The lowest BCUT2D eigenvalue weighted by Gasteiger charge is -2.34. The fraction of sp³-hybridized carbons (Fsp3) is 0.389. The van der Waals surface area contributed by atoms with E-state index >= 15 is 0 Å². The van der Waals surface area contributed by atoms with Crippen LogP contribution >= 0.6 is 11.6 Å². The van der Waals surface area contributed by atoms with Crippen molar-refractivity contribution in [3.63, 3.8) is 0 Å². The second kappa shape index (κ2) is 8.88. The van der Waals surface area contributed by atoms with Crippen molar-refractivity contribution < 1.29 is 18.8 Å². The maximum absolute atomic E-state index is 12.2. The number of nitrogens with zero attached hydrogens (tertiary/aromatic N) is 3. The molecule has 0 aliphatic carbocycles. The molecule has 3 rings (SSSR count). The normalized spacial score (nSPS) is 14.8. The molecule has 0 spiro atoms. The van der Waals surface area contributed by atoms with E-state index in [1.54, 1.807) is 30.0 Å². The van der Waals surface area contributed by atoms with Crippen LogP contribution in [0.2, 0.25) is 5.02 Å². The first-order valence-corrected chi connectivity index (χ1v) is 9.03. The maximum Gasteiger partial charge on any atom is 0.315 e. The highest BCUT2D eigenvalue weighted by atomic mass is 35.5. The molecule has 0 saturated carbocycles. The number of aromatic nitrogens is 1. The van der Waals surface area contributed by atoms with Crippen molar-refractivity contribution in [2.75, 3.05) is 44.6 Å². The summed E-state index contributed by atoms with van der Waals surface area (Å²) < 4.78 is 10.5. The predicted octanol–water partition coefficient (Wildman–Crippen LogP) is 1.80. The van der Waals surface area contributed by atoms with Crippen LogP contribution in [0.25, 0.3) is 0 Å². The Labute approximate surface area is 162 Å². The molecular weight excluding hydrogens is 372 g/mol. The standard InChI is InChI=1S/C18H21ClN4O4/c1-13-12-16(21-27-13)20-17(24)18(25)23-8-6-22(7-9-23)10-11-26-15-4-2-14(19)3-5-15/h2-5,12H,6-11H2,1H3,(H,20,21,24). The molecule has 2 amide bonds. The molecule has 0 radical (unpaired) electrons. The molecular formula is C18H21ClN4O4. The highest BCUT2D eigenvalue weighted by Gasteiger charge is 2.26. The minimum atomic E-state index is -0.706. The maximum atomic E-state index is 12.2. The lowest BCUT2D eigenvalue weighted by molar-refractivity contribution is -0.144. The van der Waals surface area contributed by atoms with Crippen LogP contribution in [0.1, 0.15) is 5.76 Å². The smallest absolute Gasteiger partial charge is 0.315 e. The predicted molar refractivity (Wildman–Crippen MR) is 99.8 cm³/mol. The minimum absolute atomic E-state index is 0.240. The number of carbonyl (C=O) groups is 2. The monoisotopic (exact) mass is 392 g/mol. The average Bonchev–Trinajstić information content (AvgIpc) is 3.08. The fourth-order valence-electron chi connectivity index (χ4n) is 2.74. The van der Waals surface area contributed by atoms with E-state index in [1.807, 2.05) is 12.1 Å². The fourth-order valence-corrected chi connectivity index (χ4v) is 2.86. The summed E-state index contributed by atoms with van der Waals surface area (Å²) in [4.78, 5) is 28.0. The number of hydrogen-bond acceptors (Lipinski definition) is 6. The summed E-state index contributed by atoms with van der Waals surface area (Å²) in [5.41, 5.74) is 0. The number of halogens is 1. The summed E-state index contributed by atoms with van der Waals surface area (Å²) in [6, 6.07) is 8.78. The van der Waals surface area contributed by atoms with Gasteiger partial charge in [-0.3, -0.25) is 19.8 Å². The lowest BCUT2D eigenvalue weighted by atomic mass is 10.3. The van der Waals surface area contributed by atoms with Gasteiger partial charge in [-0.1, -0.05) is 16.8 Å². The Kier molecular flexibility index (Phi) is 6.31. The lowest BCUT2D eigenvalue weighted by Crippen LogP contribution is -2.52. The van der Waals surface area contributed by atoms with Crippen molar-refractivity contribution in [1.29, 1.82) is 0 Å². The third kappa shape index (κ3) is 5.45.